The molecule has 0 aliphatic carbocycles. The Bertz CT molecular complexity index is 575. The van der Waals surface area contributed by atoms with E-state index in [1.807, 2.05) is 37.4 Å². The van der Waals surface area contributed by atoms with Gasteiger partial charge in [0.05, 0.1) is 6.61 Å². The Morgan fingerprint density at radius 1 is 1.24 bits per heavy atom. The maximum Gasteiger partial charge on any atom is 0.225 e. The number of ether oxygens (including phenoxy) is 1. The van der Waals surface area contributed by atoms with Crippen molar-refractivity contribution in [3.05, 3.63) is 42.4 Å². The highest BCUT2D eigenvalue weighted by Crippen LogP contribution is 2.21. The van der Waals surface area contributed by atoms with Gasteiger partial charge in [-0.25, -0.2) is 15.0 Å². The van der Waals surface area contributed by atoms with Crippen molar-refractivity contribution in [3.63, 3.8) is 0 Å². The quantitative estimate of drug-likeness (QED) is 0.863. The molecule has 1 aliphatic rings. The lowest BCUT2D eigenvalue weighted by molar-refractivity contribution is 0.221. The Kier molecular flexibility index (Phi) is 4.28. The molecule has 110 valence electrons. The highest BCUT2D eigenvalue weighted by atomic mass is 16.5. The van der Waals surface area contributed by atoms with Crippen molar-refractivity contribution in [1.29, 1.82) is 0 Å². The summed E-state index contributed by atoms with van der Waals surface area (Å²) in [5.74, 6) is 2.02. The van der Waals surface area contributed by atoms with Gasteiger partial charge in [0.1, 0.15) is 0 Å². The normalized spacial score (nSPS) is 18.5. The molecule has 1 atom stereocenters. The molecule has 3 rings (SSSR count). The van der Waals surface area contributed by atoms with Crippen molar-refractivity contribution in [2.45, 2.75) is 19.8 Å². The predicted molar refractivity (Wildman–Crippen MR) is 81.4 cm³/mol. The van der Waals surface area contributed by atoms with Crippen LogP contribution in [0.3, 0.4) is 0 Å². The van der Waals surface area contributed by atoms with E-state index >= 15 is 0 Å². The maximum atomic E-state index is 5.77. The average Bonchev–Trinajstić information content (AvgIpc) is 2.54. The lowest BCUT2D eigenvalue weighted by Gasteiger charge is -2.32. The topological polar surface area (TPSA) is 51.1 Å². The van der Waals surface area contributed by atoms with Crippen LogP contribution in [0.5, 0.6) is 5.88 Å². The summed E-state index contributed by atoms with van der Waals surface area (Å²) < 4.78 is 5.77. The monoisotopic (exact) mass is 284 g/mol. The van der Waals surface area contributed by atoms with Gasteiger partial charge in [-0.3, -0.25) is 0 Å². The Labute approximate surface area is 125 Å². The van der Waals surface area contributed by atoms with E-state index in [0.717, 1.165) is 31.2 Å². The van der Waals surface area contributed by atoms with Crippen molar-refractivity contribution in [2.75, 3.05) is 24.6 Å². The van der Waals surface area contributed by atoms with Crippen LogP contribution in [0.15, 0.2) is 36.7 Å². The number of anilines is 1. The third-order valence-corrected chi connectivity index (χ3v) is 3.69. The fraction of sp³-hybridized carbons (Fsp3) is 0.438. The van der Waals surface area contributed by atoms with Crippen LogP contribution in [0.25, 0.3) is 0 Å². The third-order valence-electron chi connectivity index (χ3n) is 3.69. The molecule has 1 saturated heterocycles. The summed E-state index contributed by atoms with van der Waals surface area (Å²) in [7, 11) is 0. The van der Waals surface area contributed by atoms with Gasteiger partial charge in [-0.1, -0.05) is 6.07 Å². The van der Waals surface area contributed by atoms with E-state index in [1.165, 1.54) is 6.42 Å². The van der Waals surface area contributed by atoms with Crippen molar-refractivity contribution in [1.82, 2.24) is 15.0 Å². The minimum absolute atomic E-state index is 0.491. The van der Waals surface area contributed by atoms with Gasteiger partial charge in [0.25, 0.3) is 0 Å². The Morgan fingerprint density at radius 3 is 3.00 bits per heavy atom. The first-order valence-electron chi connectivity index (χ1n) is 7.40. The van der Waals surface area contributed by atoms with Gasteiger partial charge < -0.3 is 9.64 Å². The predicted octanol–water partition coefficient (Wildman–Crippen LogP) is 2.48. The van der Waals surface area contributed by atoms with E-state index < -0.39 is 0 Å². The summed E-state index contributed by atoms with van der Waals surface area (Å²) >= 11 is 0. The van der Waals surface area contributed by atoms with Crippen molar-refractivity contribution in [3.8, 4) is 5.88 Å². The van der Waals surface area contributed by atoms with Gasteiger partial charge in [-0.05, 0) is 31.9 Å². The summed E-state index contributed by atoms with van der Waals surface area (Å²) in [6.45, 7) is 4.65. The van der Waals surface area contributed by atoms with Gasteiger partial charge in [-0.15, -0.1) is 0 Å². The molecule has 2 aromatic rings. The Morgan fingerprint density at radius 2 is 2.19 bits per heavy atom. The van der Waals surface area contributed by atoms with Crippen LogP contribution in [-0.2, 0) is 0 Å². The molecule has 1 fully saturated rings. The van der Waals surface area contributed by atoms with E-state index in [9.17, 15) is 0 Å². The van der Waals surface area contributed by atoms with Crippen LogP contribution >= 0.6 is 0 Å². The van der Waals surface area contributed by atoms with Gasteiger partial charge in [-0.2, -0.15) is 0 Å². The van der Waals surface area contributed by atoms with E-state index in [-0.39, 0.29) is 0 Å². The van der Waals surface area contributed by atoms with E-state index in [1.54, 1.807) is 6.20 Å². The molecule has 3 heterocycles. The van der Waals surface area contributed by atoms with Gasteiger partial charge >= 0.3 is 0 Å². The van der Waals surface area contributed by atoms with Crippen molar-refractivity contribution < 1.29 is 4.74 Å². The second-order valence-electron chi connectivity index (χ2n) is 5.43. The van der Waals surface area contributed by atoms with Crippen LogP contribution in [0.4, 0.5) is 5.95 Å². The number of nitrogens with zero attached hydrogens (tertiary/aromatic N) is 4. The van der Waals surface area contributed by atoms with Crippen LogP contribution in [0, 0.1) is 12.8 Å². The van der Waals surface area contributed by atoms with Crippen LogP contribution < -0.4 is 9.64 Å². The molecule has 1 unspecified atom stereocenters. The average molecular weight is 284 g/mol. The summed E-state index contributed by atoms with van der Waals surface area (Å²) in [5, 5.41) is 0. The Balaban J connectivity index is 1.58. The van der Waals surface area contributed by atoms with Crippen LogP contribution in [-0.4, -0.2) is 34.6 Å². The van der Waals surface area contributed by atoms with Crippen LogP contribution in [0.2, 0.25) is 0 Å². The highest BCUT2D eigenvalue weighted by molar-refractivity contribution is 5.30. The molecule has 2 aromatic heterocycles. The molecular formula is C16H20N4O. The molecule has 1 aliphatic heterocycles. The molecule has 0 saturated carbocycles. The van der Waals surface area contributed by atoms with Gasteiger partial charge in [0, 0.05) is 43.2 Å². The molecule has 0 aromatic carbocycles. The second-order valence-corrected chi connectivity index (χ2v) is 5.43. The molecule has 0 amide bonds. The number of hydrogen-bond acceptors (Lipinski definition) is 5. The molecule has 5 heteroatoms. The fourth-order valence-electron chi connectivity index (χ4n) is 2.61. The molecular weight excluding hydrogens is 264 g/mol. The summed E-state index contributed by atoms with van der Waals surface area (Å²) in [5.41, 5.74) is 1.01. The zero-order valence-electron chi connectivity index (χ0n) is 12.3. The third kappa shape index (κ3) is 3.68. The molecule has 0 bridgehead atoms. The largest absolute Gasteiger partial charge is 0.477 e. The number of hydrogen-bond donors (Lipinski definition) is 0. The standard InChI is InChI=1S/C16H20N4O/c1-13-7-9-18-16(19-13)20-10-4-5-14(11-20)12-21-15-6-2-3-8-17-15/h2-3,6-9,14H,4-5,10-12H2,1H3. The molecule has 0 radical (unpaired) electrons. The van der Waals surface area contributed by atoms with Crippen molar-refractivity contribution in [2.24, 2.45) is 5.92 Å². The lowest BCUT2D eigenvalue weighted by Crippen LogP contribution is -2.38. The second kappa shape index (κ2) is 6.52. The molecule has 5 nitrogen and oxygen atoms in total. The maximum absolute atomic E-state index is 5.77. The first kappa shape index (κ1) is 13.8. The first-order valence-corrected chi connectivity index (χ1v) is 7.40. The SMILES string of the molecule is Cc1ccnc(N2CCCC(COc3ccccn3)C2)n1. The first-order chi connectivity index (χ1) is 10.3. The smallest absolute Gasteiger partial charge is 0.225 e. The van der Waals surface area contributed by atoms with E-state index in [0.29, 0.717) is 18.4 Å². The zero-order valence-corrected chi connectivity index (χ0v) is 12.3. The number of aryl methyl sites for hydroxylation is 1. The summed E-state index contributed by atoms with van der Waals surface area (Å²) in [6, 6.07) is 7.65. The molecule has 0 spiro atoms. The van der Waals surface area contributed by atoms with Gasteiger partial charge in [0.2, 0.25) is 11.8 Å². The number of pyridine rings is 1. The minimum Gasteiger partial charge on any atom is -0.477 e. The lowest BCUT2D eigenvalue weighted by atomic mass is 9.99. The highest BCUT2D eigenvalue weighted by Gasteiger charge is 2.22. The summed E-state index contributed by atoms with van der Waals surface area (Å²) in [6.07, 6.45) is 5.90. The number of rotatable bonds is 4. The molecule has 21 heavy (non-hydrogen) atoms. The zero-order chi connectivity index (χ0) is 14.5. The molecule has 0 N–H and O–H groups in total. The van der Waals surface area contributed by atoms with E-state index in [4.69, 9.17) is 4.74 Å². The Hall–Kier alpha value is -2.17. The summed E-state index contributed by atoms with van der Waals surface area (Å²) in [4.78, 5) is 15.3. The number of aromatic nitrogens is 3. The van der Waals surface area contributed by atoms with Crippen LogP contribution in [0.1, 0.15) is 18.5 Å². The van der Waals surface area contributed by atoms with Crippen molar-refractivity contribution >= 4 is 5.95 Å². The minimum atomic E-state index is 0.491. The van der Waals surface area contributed by atoms with Gasteiger partial charge in [0.15, 0.2) is 0 Å². The van der Waals surface area contributed by atoms with E-state index in [2.05, 4.69) is 19.9 Å². The fourth-order valence-corrected chi connectivity index (χ4v) is 2.61. The number of piperidine rings is 1.